The van der Waals surface area contributed by atoms with Gasteiger partial charge in [0.25, 0.3) is 0 Å². The molecule has 1 aliphatic heterocycles. The maximum Gasteiger partial charge on any atom is 0.0225 e. The van der Waals surface area contributed by atoms with Crippen molar-refractivity contribution in [2.75, 3.05) is 38.6 Å². The molecule has 16 heavy (non-hydrogen) atoms. The van der Waals surface area contributed by atoms with E-state index in [1.807, 2.05) is 0 Å². The van der Waals surface area contributed by atoms with Crippen molar-refractivity contribution >= 4 is 11.6 Å². The predicted molar refractivity (Wildman–Crippen MR) is 70.2 cm³/mol. The van der Waals surface area contributed by atoms with Gasteiger partial charge in [0.1, 0.15) is 0 Å². The SMILES string of the molecule is CC(CCCl)CCN1CCN(C2CC2)CC1. The van der Waals surface area contributed by atoms with Crippen LogP contribution in [0.25, 0.3) is 0 Å². The second kappa shape index (κ2) is 6.23. The zero-order valence-electron chi connectivity index (χ0n) is 10.5. The first kappa shape index (κ1) is 12.7. The van der Waals surface area contributed by atoms with Crippen LogP contribution in [-0.4, -0.2) is 54.4 Å². The molecule has 3 heteroatoms. The van der Waals surface area contributed by atoms with E-state index in [2.05, 4.69) is 16.7 Å². The monoisotopic (exact) mass is 244 g/mol. The molecule has 94 valence electrons. The highest BCUT2D eigenvalue weighted by Gasteiger charge is 2.30. The molecule has 1 unspecified atom stereocenters. The summed E-state index contributed by atoms with van der Waals surface area (Å²) in [6.07, 6.45) is 5.39. The van der Waals surface area contributed by atoms with Crippen molar-refractivity contribution in [1.29, 1.82) is 0 Å². The summed E-state index contributed by atoms with van der Waals surface area (Å²) in [5.41, 5.74) is 0. The van der Waals surface area contributed by atoms with Gasteiger partial charge in [-0.15, -0.1) is 11.6 Å². The van der Waals surface area contributed by atoms with Gasteiger partial charge in [-0.3, -0.25) is 4.90 Å². The van der Waals surface area contributed by atoms with Gasteiger partial charge in [-0.25, -0.2) is 0 Å². The van der Waals surface area contributed by atoms with E-state index in [9.17, 15) is 0 Å². The summed E-state index contributed by atoms with van der Waals surface area (Å²) in [5, 5.41) is 0. The Morgan fingerprint density at radius 2 is 1.81 bits per heavy atom. The number of hydrogen-bond donors (Lipinski definition) is 0. The number of rotatable bonds is 6. The van der Waals surface area contributed by atoms with Crippen LogP contribution in [0.3, 0.4) is 0 Å². The van der Waals surface area contributed by atoms with E-state index >= 15 is 0 Å². The molecule has 0 amide bonds. The highest BCUT2D eigenvalue weighted by atomic mass is 35.5. The number of piperazine rings is 1. The van der Waals surface area contributed by atoms with Crippen LogP contribution in [0.2, 0.25) is 0 Å². The van der Waals surface area contributed by atoms with Crippen LogP contribution in [0.4, 0.5) is 0 Å². The van der Waals surface area contributed by atoms with Crippen LogP contribution in [0.15, 0.2) is 0 Å². The van der Waals surface area contributed by atoms with Crippen molar-refractivity contribution in [3.63, 3.8) is 0 Å². The fourth-order valence-corrected chi connectivity index (χ4v) is 2.90. The second-order valence-corrected chi connectivity index (χ2v) is 5.86. The number of nitrogens with zero attached hydrogens (tertiary/aromatic N) is 2. The normalized spacial score (nSPS) is 25.9. The zero-order valence-corrected chi connectivity index (χ0v) is 11.3. The quantitative estimate of drug-likeness (QED) is 0.663. The largest absolute Gasteiger partial charge is 0.301 e. The van der Waals surface area contributed by atoms with Crippen molar-refractivity contribution < 1.29 is 0 Å². The summed E-state index contributed by atoms with van der Waals surface area (Å²) in [7, 11) is 0. The summed E-state index contributed by atoms with van der Waals surface area (Å²) in [6.45, 7) is 8.76. The number of alkyl halides is 1. The molecule has 1 saturated carbocycles. The van der Waals surface area contributed by atoms with Crippen molar-refractivity contribution in [3.8, 4) is 0 Å². The van der Waals surface area contributed by atoms with Crippen LogP contribution in [0.5, 0.6) is 0 Å². The Kier molecular flexibility index (Phi) is 4.93. The first-order valence-electron chi connectivity index (χ1n) is 6.82. The van der Waals surface area contributed by atoms with Crippen LogP contribution in [-0.2, 0) is 0 Å². The molecule has 0 N–H and O–H groups in total. The van der Waals surface area contributed by atoms with Gasteiger partial charge >= 0.3 is 0 Å². The van der Waals surface area contributed by atoms with E-state index < -0.39 is 0 Å². The molecule has 2 rings (SSSR count). The summed E-state index contributed by atoms with van der Waals surface area (Å²) in [5.74, 6) is 1.61. The molecule has 1 saturated heterocycles. The average Bonchev–Trinajstić information content (AvgIpc) is 3.11. The molecule has 0 bridgehead atoms. The molecule has 0 radical (unpaired) electrons. The molecule has 0 aromatic carbocycles. The van der Waals surface area contributed by atoms with Gasteiger partial charge in [-0.2, -0.15) is 0 Å². The molecule has 0 aromatic rings. The van der Waals surface area contributed by atoms with Crippen molar-refractivity contribution in [3.05, 3.63) is 0 Å². The standard InChI is InChI=1S/C13H25ClN2/c1-12(4-6-14)5-7-15-8-10-16(11-9-15)13-2-3-13/h12-13H,2-11H2,1H3. The molecule has 2 fully saturated rings. The number of halogens is 1. The lowest BCUT2D eigenvalue weighted by atomic mass is 10.0. The molecule has 0 spiro atoms. The highest BCUT2D eigenvalue weighted by molar-refractivity contribution is 6.17. The number of hydrogen-bond acceptors (Lipinski definition) is 2. The fourth-order valence-electron chi connectivity index (χ4n) is 2.53. The first-order chi connectivity index (χ1) is 7.79. The van der Waals surface area contributed by atoms with Crippen LogP contribution in [0.1, 0.15) is 32.6 Å². The van der Waals surface area contributed by atoms with E-state index in [4.69, 9.17) is 11.6 Å². The van der Waals surface area contributed by atoms with Gasteiger partial charge in [0, 0.05) is 38.1 Å². The van der Waals surface area contributed by atoms with Gasteiger partial charge in [0.15, 0.2) is 0 Å². The minimum absolute atomic E-state index is 0.791. The van der Waals surface area contributed by atoms with E-state index in [1.54, 1.807) is 0 Å². The maximum atomic E-state index is 5.76. The van der Waals surface area contributed by atoms with Gasteiger partial charge in [-0.05, 0) is 38.1 Å². The molecule has 1 atom stereocenters. The Labute approximate surface area is 105 Å². The predicted octanol–water partition coefficient (Wildman–Crippen LogP) is 2.42. The van der Waals surface area contributed by atoms with Crippen LogP contribution in [0, 0.1) is 5.92 Å². The lowest BCUT2D eigenvalue weighted by Crippen LogP contribution is -2.47. The van der Waals surface area contributed by atoms with E-state index in [-0.39, 0.29) is 0 Å². The van der Waals surface area contributed by atoms with Gasteiger partial charge in [0.2, 0.25) is 0 Å². The van der Waals surface area contributed by atoms with Crippen LogP contribution < -0.4 is 0 Å². The van der Waals surface area contributed by atoms with Crippen molar-refractivity contribution in [1.82, 2.24) is 9.80 Å². The average molecular weight is 245 g/mol. The summed E-state index contributed by atoms with van der Waals surface area (Å²) >= 11 is 5.76. The van der Waals surface area contributed by atoms with E-state index in [0.717, 1.165) is 17.8 Å². The van der Waals surface area contributed by atoms with Gasteiger partial charge in [0.05, 0.1) is 0 Å². The smallest absolute Gasteiger partial charge is 0.0225 e. The van der Waals surface area contributed by atoms with E-state index in [1.165, 1.54) is 58.4 Å². The second-order valence-electron chi connectivity index (χ2n) is 5.48. The van der Waals surface area contributed by atoms with Gasteiger partial charge in [-0.1, -0.05) is 6.92 Å². The summed E-state index contributed by atoms with van der Waals surface area (Å²) in [4.78, 5) is 5.31. The fraction of sp³-hybridized carbons (Fsp3) is 1.00. The highest BCUT2D eigenvalue weighted by Crippen LogP contribution is 2.27. The third-order valence-electron chi connectivity index (χ3n) is 4.01. The molecule has 2 nitrogen and oxygen atoms in total. The molecule has 1 aliphatic carbocycles. The lowest BCUT2D eigenvalue weighted by Gasteiger charge is -2.35. The zero-order chi connectivity index (χ0) is 11.4. The molecule has 1 heterocycles. The van der Waals surface area contributed by atoms with E-state index in [0.29, 0.717) is 0 Å². The minimum atomic E-state index is 0.791. The first-order valence-corrected chi connectivity index (χ1v) is 7.35. The van der Waals surface area contributed by atoms with Crippen LogP contribution >= 0.6 is 11.6 Å². The van der Waals surface area contributed by atoms with Crippen molar-refractivity contribution in [2.45, 2.75) is 38.6 Å². The Bertz CT molecular complexity index is 198. The summed E-state index contributed by atoms with van der Waals surface area (Å²) < 4.78 is 0. The Morgan fingerprint density at radius 1 is 1.12 bits per heavy atom. The molecular formula is C13H25ClN2. The lowest BCUT2D eigenvalue weighted by molar-refractivity contribution is 0.121. The Morgan fingerprint density at radius 3 is 2.38 bits per heavy atom. The third kappa shape index (κ3) is 3.90. The summed E-state index contributed by atoms with van der Waals surface area (Å²) in [6, 6.07) is 0.956. The Balaban J connectivity index is 1.57. The maximum absolute atomic E-state index is 5.76. The molecular weight excluding hydrogens is 220 g/mol. The molecule has 0 aromatic heterocycles. The minimum Gasteiger partial charge on any atom is -0.301 e. The molecule has 2 aliphatic rings. The Hall–Kier alpha value is 0.210. The van der Waals surface area contributed by atoms with Crippen molar-refractivity contribution in [2.24, 2.45) is 5.92 Å². The van der Waals surface area contributed by atoms with Gasteiger partial charge < -0.3 is 4.90 Å². The topological polar surface area (TPSA) is 6.48 Å². The third-order valence-corrected chi connectivity index (χ3v) is 4.23.